The molecule has 0 bridgehead atoms. The fourth-order valence-corrected chi connectivity index (χ4v) is 4.93. The lowest BCUT2D eigenvalue weighted by Gasteiger charge is -2.31. The third-order valence-electron chi connectivity index (χ3n) is 7.21. The van der Waals surface area contributed by atoms with E-state index in [1.165, 1.54) is 43.5 Å². The van der Waals surface area contributed by atoms with Crippen LogP contribution in [0.1, 0.15) is 47.4 Å². The Labute approximate surface area is 254 Å². The summed E-state index contributed by atoms with van der Waals surface area (Å²) in [5, 5.41) is 18.9. The van der Waals surface area contributed by atoms with E-state index in [0.29, 0.717) is 21.5 Å². The number of carbonyl (C=O) groups is 2. The number of pyridine rings is 1. The second-order valence-corrected chi connectivity index (χ2v) is 10.9. The standard InChI is InChI=1S/C30H29ClF3N5O5/c1-3-44-27-17(13-24(35)40)12-23(37-26(27)16-4-6-20(31)7-5-16)29(42,30(32,33)34)15-36-28(41)18-10-19-14-39(21-8-9-21)38-25(19)22(11-18)43-2/h4-7,10-12,14,21,42H,3,8-9,13,15H2,1-2H3,(H2,35,40)(H,36,41)/t29-/m0/s1. The molecule has 1 aliphatic carbocycles. The second kappa shape index (κ2) is 12.0. The molecule has 1 saturated carbocycles. The zero-order valence-electron chi connectivity index (χ0n) is 23.7. The molecule has 4 aromatic rings. The Bertz CT molecular complexity index is 1720. The highest BCUT2D eigenvalue weighted by molar-refractivity contribution is 6.30. The molecule has 0 spiro atoms. The molecule has 44 heavy (non-hydrogen) atoms. The van der Waals surface area contributed by atoms with E-state index in [1.807, 2.05) is 0 Å². The summed E-state index contributed by atoms with van der Waals surface area (Å²) in [6.45, 7) is 0.451. The van der Waals surface area contributed by atoms with Gasteiger partial charge in [0.1, 0.15) is 22.7 Å². The summed E-state index contributed by atoms with van der Waals surface area (Å²) in [4.78, 5) is 29.3. The van der Waals surface area contributed by atoms with Crippen LogP contribution in [0.15, 0.2) is 48.7 Å². The lowest BCUT2D eigenvalue weighted by atomic mass is 9.93. The van der Waals surface area contributed by atoms with Crippen LogP contribution in [0.4, 0.5) is 13.2 Å². The van der Waals surface area contributed by atoms with Gasteiger partial charge in [-0.25, -0.2) is 4.98 Å². The molecule has 0 aliphatic heterocycles. The Morgan fingerprint density at radius 3 is 2.48 bits per heavy atom. The van der Waals surface area contributed by atoms with Crippen LogP contribution in [-0.4, -0.2) is 58.1 Å². The third-order valence-corrected chi connectivity index (χ3v) is 7.46. The van der Waals surface area contributed by atoms with Crippen LogP contribution in [0.2, 0.25) is 5.02 Å². The molecular weight excluding hydrogens is 603 g/mol. The van der Waals surface area contributed by atoms with Crippen molar-refractivity contribution in [3.63, 3.8) is 0 Å². The van der Waals surface area contributed by atoms with E-state index in [4.69, 9.17) is 26.8 Å². The lowest BCUT2D eigenvalue weighted by Crippen LogP contribution is -2.51. The summed E-state index contributed by atoms with van der Waals surface area (Å²) in [5.74, 6) is -1.44. The summed E-state index contributed by atoms with van der Waals surface area (Å²) in [6.07, 6.45) is -2.12. The normalized spacial score (nSPS) is 14.7. The predicted molar refractivity (Wildman–Crippen MR) is 156 cm³/mol. The average Bonchev–Trinajstić information content (AvgIpc) is 3.74. The van der Waals surface area contributed by atoms with Crippen LogP contribution in [0, 0.1) is 0 Å². The molecule has 0 saturated heterocycles. The number of carbonyl (C=O) groups excluding carboxylic acids is 2. The molecule has 0 unspecified atom stereocenters. The first kappa shape index (κ1) is 31.1. The van der Waals surface area contributed by atoms with E-state index >= 15 is 0 Å². The fourth-order valence-electron chi connectivity index (χ4n) is 4.81. The largest absolute Gasteiger partial charge is 0.494 e. The van der Waals surface area contributed by atoms with Crippen LogP contribution >= 0.6 is 11.6 Å². The van der Waals surface area contributed by atoms with Crippen LogP contribution in [0.3, 0.4) is 0 Å². The summed E-state index contributed by atoms with van der Waals surface area (Å²) in [5.41, 5.74) is 1.59. The van der Waals surface area contributed by atoms with Crippen molar-refractivity contribution in [3.8, 4) is 22.8 Å². The summed E-state index contributed by atoms with van der Waals surface area (Å²) in [7, 11) is 1.40. The minimum atomic E-state index is -5.31. The topological polar surface area (TPSA) is 142 Å². The zero-order valence-corrected chi connectivity index (χ0v) is 24.5. The van der Waals surface area contributed by atoms with Gasteiger partial charge in [0.05, 0.1) is 38.4 Å². The number of rotatable bonds is 11. The number of hydrogen-bond donors (Lipinski definition) is 3. The van der Waals surface area contributed by atoms with E-state index < -0.39 is 42.3 Å². The van der Waals surface area contributed by atoms with Gasteiger partial charge in [-0.3, -0.25) is 14.3 Å². The SMILES string of the molecule is CCOc1c(CC(N)=O)cc([C@@](O)(CNC(=O)c2cc(OC)c3nn(C4CC4)cc3c2)C(F)(F)F)nc1-c1ccc(Cl)cc1. The molecule has 4 N–H and O–H groups in total. The van der Waals surface area contributed by atoms with Gasteiger partial charge in [-0.1, -0.05) is 23.7 Å². The number of amides is 2. The smallest absolute Gasteiger partial charge is 0.424 e. The third kappa shape index (κ3) is 6.15. The second-order valence-electron chi connectivity index (χ2n) is 10.4. The monoisotopic (exact) mass is 631 g/mol. The molecule has 2 aromatic carbocycles. The number of halogens is 4. The maximum Gasteiger partial charge on any atom is 0.424 e. The van der Waals surface area contributed by atoms with Crippen molar-refractivity contribution in [2.75, 3.05) is 20.3 Å². The molecule has 232 valence electrons. The maximum absolute atomic E-state index is 14.7. The van der Waals surface area contributed by atoms with Gasteiger partial charge in [-0.05, 0) is 50.1 Å². The van der Waals surface area contributed by atoms with Gasteiger partial charge in [0.15, 0.2) is 0 Å². The number of nitrogens with zero attached hydrogens (tertiary/aromatic N) is 3. The Morgan fingerprint density at radius 2 is 1.89 bits per heavy atom. The van der Waals surface area contributed by atoms with Gasteiger partial charge in [0, 0.05) is 33.3 Å². The Hall–Kier alpha value is -4.36. The van der Waals surface area contributed by atoms with Crippen molar-refractivity contribution in [2.24, 2.45) is 5.73 Å². The maximum atomic E-state index is 14.7. The minimum Gasteiger partial charge on any atom is -0.494 e. The van der Waals surface area contributed by atoms with Gasteiger partial charge in [0.25, 0.3) is 5.91 Å². The first-order valence-corrected chi connectivity index (χ1v) is 14.1. The quantitative estimate of drug-likeness (QED) is 0.218. The average molecular weight is 632 g/mol. The van der Waals surface area contributed by atoms with Gasteiger partial charge in [-0.15, -0.1) is 0 Å². The van der Waals surface area contributed by atoms with Crippen molar-refractivity contribution in [3.05, 3.63) is 70.5 Å². The van der Waals surface area contributed by atoms with Crippen LogP contribution in [0.5, 0.6) is 11.5 Å². The zero-order chi connectivity index (χ0) is 31.8. The molecule has 1 aliphatic rings. The number of fused-ring (bicyclic) bond motifs is 1. The van der Waals surface area contributed by atoms with Crippen molar-refractivity contribution in [2.45, 2.75) is 44.0 Å². The molecular formula is C30H29ClF3N5O5. The number of nitrogens with two attached hydrogens (primary N) is 1. The molecule has 2 aromatic heterocycles. The van der Waals surface area contributed by atoms with Crippen LogP contribution < -0.4 is 20.5 Å². The van der Waals surface area contributed by atoms with E-state index in [9.17, 15) is 27.9 Å². The molecule has 0 radical (unpaired) electrons. The Morgan fingerprint density at radius 1 is 1.18 bits per heavy atom. The molecule has 2 amide bonds. The number of ether oxygens (including phenoxy) is 2. The number of nitrogens with one attached hydrogen (secondary N) is 1. The number of aliphatic hydroxyl groups is 1. The molecule has 1 fully saturated rings. The highest BCUT2D eigenvalue weighted by atomic mass is 35.5. The van der Waals surface area contributed by atoms with Gasteiger partial charge >= 0.3 is 6.18 Å². The van der Waals surface area contributed by atoms with Crippen LogP contribution in [0.25, 0.3) is 22.2 Å². The number of alkyl halides is 3. The van der Waals surface area contributed by atoms with Gasteiger partial charge < -0.3 is 25.6 Å². The van der Waals surface area contributed by atoms with E-state index in [2.05, 4.69) is 15.4 Å². The minimum absolute atomic E-state index is 0.00476. The van der Waals surface area contributed by atoms with E-state index in [1.54, 1.807) is 17.8 Å². The highest BCUT2D eigenvalue weighted by Gasteiger charge is 2.56. The fraction of sp³-hybridized carbons (Fsp3) is 0.333. The van der Waals surface area contributed by atoms with Crippen molar-refractivity contribution >= 4 is 34.3 Å². The molecule has 10 nitrogen and oxygen atoms in total. The van der Waals surface area contributed by atoms with Gasteiger partial charge in [-0.2, -0.15) is 18.3 Å². The summed E-state index contributed by atoms with van der Waals surface area (Å²) in [6, 6.07) is 10.1. The molecule has 14 heteroatoms. The number of primary amides is 1. The molecule has 1 atom stereocenters. The molecule has 5 rings (SSSR count). The highest BCUT2D eigenvalue weighted by Crippen LogP contribution is 2.42. The van der Waals surface area contributed by atoms with Crippen LogP contribution in [-0.2, 0) is 16.8 Å². The van der Waals surface area contributed by atoms with E-state index in [0.717, 1.165) is 18.9 Å². The van der Waals surface area contributed by atoms with Crippen molar-refractivity contribution in [1.29, 1.82) is 0 Å². The first-order chi connectivity index (χ1) is 20.8. The van der Waals surface area contributed by atoms with Gasteiger partial charge in [0.2, 0.25) is 11.5 Å². The first-order valence-electron chi connectivity index (χ1n) is 13.7. The number of methoxy groups -OCH3 is 1. The summed E-state index contributed by atoms with van der Waals surface area (Å²) >= 11 is 6.00. The predicted octanol–water partition coefficient (Wildman–Crippen LogP) is 4.70. The Balaban J connectivity index is 1.54. The number of aromatic nitrogens is 3. The lowest BCUT2D eigenvalue weighted by molar-refractivity contribution is -0.265. The number of benzene rings is 2. The Kier molecular flexibility index (Phi) is 8.45. The van der Waals surface area contributed by atoms with Crippen molar-refractivity contribution in [1.82, 2.24) is 20.1 Å². The van der Waals surface area contributed by atoms with Crippen molar-refractivity contribution < 1.29 is 37.3 Å². The summed E-state index contributed by atoms with van der Waals surface area (Å²) < 4.78 is 56.9. The number of hydrogen-bond acceptors (Lipinski definition) is 7. The van der Waals surface area contributed by atoms with E-state index in [-0.39, 0.29) is 41.0 Å². The molecule has 2 heterocycles.